The number of hydrogen-bond acceptors (Lipinski definition) is 5. The summed E-state index contributed by atoms with van der Waals surface area (Å²) in [5, 5.41) is 0. The maximum absolute atomic E-state index is 5.66. The Labute approximate surface area is 125 Å². The minimum Gasteiger partial charge on any atom is -0.465 e. The summed E-state index contributed by atoms with van der Waals surface area (Å²) in [4.78, 5) is 13.5. The van der Waals surface area contributed by atoms with E-state index in [2.05, 4.69) is 32.9 Å². The van der Waals surface area contributed by atoms with Crippen LogP contribution in [0.1, 0.15) is 23.6 Å². The Morgan fingerprint density at radius 3 is 2.90 bits per heavy atom. The number of aryl methyl sites for hydroxylation is 2. The standard InChI is InChI=1S/C16H22N4O/c1-12-6-8-17-16(18-12)19(3)14-7-9-20(10-14)11-15-5-4-13(2)21-15/h4-6,8,14H,7,9-11H2,1-3H3. The Morgan fingerprint density at radius 1 is 1.33 bits per heavy atom. The van der Waals surface area contributed by atoms with Gasteiger partial charge in [-0.25, -0.2) is 9.97 Å². The molecule has 5 heteroatoms. The van der Waals surface area contributed by atoms with Crippen LogP contribution in [0.2, 0.25) is 0 Å². The molecule has 1 fully saturated rings. The first kappa shape index (κ1) is 14.1. The lowest BCUT2D eigenvalue weighted by atomic mass is 10.2. The highest BCUT2D eigenvalue weighted by atomic mass is 16.3. The molecule has 0 saturated carbocycles. The van der Waals surface area contributed by atoms with Gasteiger partial charge < -0.3 is 9.32 Å². The largest absolute Gasteiger partial charge is 0.465 e. The molecule has 1 unspecified atom stereocenters. The van der Waals surface area contributed by atoms with E-state index in [1.54, 1.807) is 0 Å². The molecule has 0 radical (unpaired) electrons. The van der Waals surface area contributed by atoms with Crippen molar-refractivity contribution in [3.8, 4) is 0 Å². The molecule has 21 heavy (non-hydrogen) atoms. The van der Waals surface area contributed by atoms with Gasteiger partial charge in [0.05, 0.1) is 6.54 Å². The van der Waals surface area contributed by atoms with Gasteiger partial charge in [0.2, 0.25) is 5.95 Å². The summed E-state index contributed by atoms with van der Waals surface area (Å²) in [7, 11) is 2.08. The highest BCUT2D eigenvalue weighted by Crippen LogP contribution is 2.20. The van der Waals surface area contributed by atoms with Gasteiger partial charge in [-0.3, -0.25) is 4.90 Å². The molecule has 0 spiro atoms. The van der Waals surface area contributed by atoms with Gasteiger partial charge >= 0.3 is 0 Å². The van der Waals surface area contributed by atoms with Crippen LogP contribution in [0.25, 0.3) is 0 Å². The van der Waals surface area contributed by atoms with Crippen molar-refractivity contribution in [2.75, 3.05) is 25.0 Å². The number of aromatic nitrogens is 2. The lowest BCUT2D eigenvalue weighted by molar-refractivity contribution is 0.290. The Morgan fingerprint density at radius 2 is 2.19 bits per heavy atom. The molecular formula is C16H22N4O. The van der Waals surface area contributed by atoms with Crippen LogP contribution < -0.4 is 4.90 Å². The fraction of sp³-hybridized carbons (Fsp3) is 0.500. The Bertz CT molecular complexity index is 610. The third-order valence-electron chi connectivity index (χ3n) is 4.07. The van der Waals surface area contributed by atoms with Gasteiger partial charge in [-0.05, 0) is 38.5 Å². The van der Waals surface area contributed by atoms with Crippen molar-refractivity contribution < 1.29 is 4.42 Å². The van der Waals surface area contributed by atoms with E-state index >= 15 is 0 Å². The lowest BCUT2D eigenvalue weighted by Crippen LogP contribution is -2.35. The van der Waals surface area contributed by atoms with Crippen molar-refractivity contribution in [2.45, 2.75) is 32.9 Å². The van der Waals surface area contributed by atoms with Crippen molar-refractivity contribution in [1.29, 1.82) is 0 Å². The van der Waals surface area contributed by atoms with E-state index < -0.39 is 0 Å². The molecule has 3 heterocycles. The van der Waals surface area contributed by atoms with Gasteiger partial charge in [0.1, 0.15) is 11.5 Å². The second-order valence-electron chi connectivity index (χ2n) is 5.80. The van der Waals surface area contributed by atoms with Gasteiger partial charge in [0.25, 0.3) is 0 Å². The Balaban J connectivity index is 1.61. The number of likely N-dealkylation sites (tertiary alicyclic amines) is 1. The summed E-state index contributed by atoms with van der Waals surface area (Å²) in [6.07, 6.45) is 2.96. The van der Waals surface area contributed by atoms with Crippen LogP contribution in [0.5, 0.6) is 0 Å². The molecule has 1 saturated heterocycles. The van der Waals surface area contributed by atoms with E-state index in [1.807, 2.05) is 32.2 Å². The van der Waals surface area contributed by atoms with Crippen molar-refractivity contribution >= 4 is 5.95 Å². The van der Waals surface area contributed by atoms with Crippen molar-refractivity contribution in [1.82, 2.24) is 14.9 Å². The van der Waals surface area contributed by atoms with E-state index in [0.29, 0.717) is 6.04 Å². The average molecular weight is 286 g/mol. The molecule has 1 aliphatic heterocycles. The highest BCUT2D eigenvalue weighted by molar-refractivity contribution is 5.31. The number of furan rings is 1. The number of hydrogen-bond donors (Lipinski definition) is 0. The number of nitrogens with zero attached hydrogens (tertiary/aromatic N) is 4. The van der Waals surface area contributed by atoms with Crippen LogP contribution in [-0.2, 0) is 6.54 Å². The van der Waals surface area contributed by atoms with Crippen LogP contribution in [-0.4, -0.2) is 41.0 Å². The van der Waals surface area contributed by atoms with E-state index in [1.165, 1.54) is 0 Å². The third-order valence-corrected chi connectivity index (χ3v) is 4.07. The maximum Gasteiger partial charge on any atom is 0.225 e. The summed E-state index contributed by atoms with van der Waals surface area (Å²) >= 11 is 0. The predicted octanol–water partition coefficient (Wildman–Crippen LogP) is 2.40. The molecule has 2 aromatic rings. The molecule has 0 N–H and O–H groups in total. The smallest absolute Gasteiger partial charge is 0.225 e. The first-order chi connectivity index (χ1) is 10.1. The summed E-state index contributed by atoms with van der Waals surface area (Å²) in [5.74, 6) is 2.84. The third kappa shape index (κ3) is 3.24. The van der Waals surface area contributed by atoms with Gasteiger partial charge in [0, 0.05) is 38.1 Å². The average Bonchev–Trinajstić information content (AvgIpc) is 3.08. The zero-order chi connectivity index (χ0) is 14.8. The minimum absolute atomic E-state index is 0.461. The first-order valence-corrected chi connectivity index (χ1v) is 7.42. The predicted molar refractivity (Wildman–Crippen MR) is 82.3 cm³/mol. The normalized spacial score (nSPS) is 19.1. The van der Waals surface area contributed by atoms with Crippen LogP contribution in [0.15, 0.2) is 28.8 Å². The quantitative estimate of drug-likeness (QED) is 0.863. The van der Waals surface area contributed by atoms with E-state index in [4.69, 9.17) is 4.42 Å². The fourth-order valence-corrected chi connectivity index (χ4v) is 2.83. The van der Waals surface area contributed by atoms with Crippen molar-refractivity contribution in [2.24, 2.45) is 0 Å². The second kappa shape index (κ2) is 5.85. The highest BCUT2D eigenvalue weighted by Gasteiger charge is 2.27. The molecule has 1 atom stereocenters. The molecule has 0 aliphatic carbocycles. The van der Waals surface area contributed by atoms with E-state index in [0.717, 1.165) is 49.2 Å². The van der Waals surface area contributed by atoms with Gasteiger partial charge in [0.15, 0.2) is 0 Å². The molecular weight excluding hydrogens is 264 g/mol. The summed E-state index contributed by atoms with van der Waals surface area (Å²) < 4.78 is 5.66. The summed E-state index contributed by atoms with van der Waals surface area (Å²) in [6.45, 7) is 6.97. The molecule has 112 valence electrons. The zero-order valence-corrected chi connectivity index (χ0v) is 12.9. The molecule has 0 aromatic carbocycles. The lowest BCUT2D eigenvalue weighted by Gasteiger charge is -2.24. The number of anilines is 1. The first-order valence-electron chi connectivity index (χ1n) is 7.42. The van der Waals surface area contributed by atoms with Crippen LogP contribution in [0.3, 0.4) is 0 Å². The minimum atomic E-state index is 0.461. The molecule has 1 aliphatic rings. The van der Waals surface area contributed by atoms with E-state index in [-0.39, 0.29) is 0 Å². The summed E-state index contributed by atoms with van der Waals surface area (Å²) in [6, 6.07) is 6.48. The maximum atomic E-state index is 5.66. The molecule has 2 aromatic heterocycles. The van der Waals surface area contributed by atoms with E-state index in [9.17, 15) is 0 Å². The van der Waals surface area contributed by atoms with Gasteiger partial charge in [-0.2, -0.15) is 0 Å². The van der Waals surface area contributed by atoms with Crippen LogP contribution >= 0.6 is 0 Å². The van der Waals surface area contributed by atoms with Crippen LogP contribution in [0.4, 0.5) is 5.95 Å². The number of rotatable bonds is 4. The van der Waals surface area contributed by atoms with Crippen molar-refractivity contribution in [3.63, 3.8) is 0 Å². The molecule has 3 rings (SSSR count). The monoisotopic (exact) mass is 286 g/mol. The zero-order valence-electron chi connectivity index (χ0n) is 12.9. The SMILES string of the molecule is Cc1ccnc(N(C)C2CCN(Cc3ccc(C)o3)C2)n1. The summed E-state index contributed by atoms with van der Waals surface area (Å²) in [5.41, 5.74) is 1.01. The van der Waals surface area contributed by atoms with Gasteiger partial charge in [-0.15, -0.1) is 0 Å². The molecule has 0 bridgehead atoms. The van der Waals surface area contributed by atoms with Crippen molar-refractivity contribution in [3.05, 3.63) is 41.6 Å². The fourth-order valence-electron chi connectivity index (χ4n) is 2.83. The van der Waals surface area contributed by atoms with Gasteiger partial charge in [-0.1, -0.05) is 0 Å². The Kier molecular flexibility index (Phi) is 3.92. The molecule has 5 nitrogen and oxygen atoms in total. The topological polar surface area (TPSA) is 45.4 Å². The second-order valence-corrected chi connectivity index (χ2v) is 5.80. The number of likely N-dealkylation sites (N-methyl/N-ethyl adjacent to an activating group) is 1. The van der Waals surface area contributed by atoms with Crippen LogP contribution in [0, 0.1) is 13.8 Å². The Hall–Kier alpha value is -1.88. The molecule has 0 amide bonds.